The average Bonchev–Trinajstić information content (AvgIpc) is 2.52. The Labute approximate surface area is 125 Å². The molecule has 1 unspecified atom stereocenters. The van der Waals surface area contributed by atoms with Crippen molar-refractivity contribution in [2.45, 2.75) is 32.6 Å². The van der Waals surface area contributed by atoms with Crippen LogP contribution in [-0.4, -0.2) is 25.8 Å². The molecule has 1 aliphatic carbocycles. The Bertz CT molecular complexity index is 540. The summed E-state index contributed by atoms with van der Waals surface area (Å²) in [6, 6.07) is 5.06. The zero-order valence-corrected chi connectivity index (χ0v) is 12.8. The van der Waals surface area contributed by atoms with Crippen molar-refractivity contribution in [2.75, 3.05) is 14.2 Å². The molecule has 0 bridgehead atoms. The molecule has 0 saturated heterocycles. The fraction of sp³-hybridized carbons (Fsp3) is 0.500. The van der Waals surface area contributed by atoms with E-state index in [1.807, 2.05) is 0 Å². The smallest absolute Gasteiger partial charge is 0.271 e. The van der Waals surface area contributed by atoms with E-state index in [0.29, 0.717) is 23.0 Å². The van der Waals surface area contributed by atoms with Gasteiger partial charge in [0.2, 0.25) is 0 Å². The second kappa shape index (κ2) is 7.11. The van der Waals surface area contributed by atoms with Gasteiger partial charge in [0.05, 0.1) is 14.2 Å². The first-order valence-corrected chi connectivity index (χ1v) is 7.22. The van der Waals surface area contributed by atoms with Gasteiger partial charge in [0, 0.05) is 11.3 Å². The van der Waals surface area contributed by atoms with Crippen LogP contribution < -0.4 is 14.9 Å². The van der Waals surface area contributed by atoms with Gasteiger partial charge in [-0.1, -0.05) is 6.92 Å². The molecule has 1 fully saturated rings. The Morgan fingerprint density at radius 1 is 1.29 bits per heavy atom. The van der Waals surface area contributed by atoms with Gasteiger partial charge in [-0.25, -0.2) is 5.43 Å². The molecule has 0 spiro atoms. The van der Waals surface area contributed by atoms with E-state index in [1.165, 1.54) is 6.42 Å². The maximum atomic E-state index is 12.1. The third-order valence-corrected chi connectivity index (χ3v) is 3.71. The van der Waals surface area contributed by atoms with E-state index in [0.717, 1.165) is 25.0 Å². The number of amides is 1. The number of nitrogens with zero attached hydrogens (tertiary/aromatic N) is 1. The average molecular weight is 290 g/mol. The largest absolute Gasteiger partial charge is 0.493 e. The van der Waals surface area contributed by atoms with Crippen LogP contribution in [-0.2, 0) is 0 Å². The lowest BCUT2D eigenvalue weighted by molar-refractivity contribution is 0.0954. The predicted molar refractivity (Wildman–Crippen MR) is 82.1 cm³/mol. The van der Waals surface area contributed by atoms with Crippen LogP contribution >= 0.6 is 0 Å². The number of ether oxygens (including phenoxy) is 2. The predicted octanol–water partition coefficient (Wildman–Crippen LogP) is 3.00. The third-order valence-electron chi connectivity index (χ3n) is 3.71. The summed E-state index contributed by atoms with van der Waals surface area (Å²) in [6.07, 6.45) is 4.32. The summed E-state index contributed by atoms with van der Waals surface area (Å²) in [4.78, 5) is 12.1. The highest BCUT2D eigenvalue weighted by Crippen LogP contribution is 2.27. The number of rotatable bonds is 4. The molecule has 1 aromatic carbocycles. The van der Waals surface area contributed by atoms with Crippen molar-refractivity contribution in [2.24, 2.45) is 11.0 Å². The minimum Gasteiger partial charge on any atom is -0.493 e. The fourth-order valence-electron chi connectivity index (χ4n) is 2.53. The molecule has 0 radical (unpaired) electrons. The summed E-state index contributed by atoms with van der Waals surface area (Å²) < 4.78 is 10.3. The van der Waals surface area contributed by atoms with Crippen LogP contribution in [0.25, 0.3) is 0 Å². The van der Waals surface area contributed by atoms with Crippen LogP contribution in [0.15, 0.2) is 23.3 Å². The van der Waals surface area contributed by atoms with Gasteiger partial charge in [0.15, 0.2) is 11.5 Å². The van der Waals surface area contributed by atoms with Crippen molar-refractivity contribution in [3.05, 3.63) is 23.8 Å². The van der Waals surface area contributed by atoms with Gasteiger partial charge in [-0.15, -0.1) is 0 Å². The molecule has 5 heteroatoms. The van der Waals surface area contributed by atoms with Crippen LogP contribution in [0.3, 0.4) is 0 Å². The van der Waals surface area contributed by atoms with Crippen molar-refractivity contribution in [1.82, 2.24) is 5.43 Å². The van der Waals surface area contributed by atoms with Crippen LogP contribution in [0.2, 0.25) is 0 Å². The van der Waals surface area contributed by atoms with Crippen LogP contribution in [0.5, 0.6) is 11.5 Å². The molecule has 0 aliphatic heterocycles. The fourth-order valence-corrected chi connectivity index (χ4v) is 2.53. The molecular formula is C16H22N2O3. The van der Waals surface area contributed by atoms with E-state index < -0.39 is 0 Å². The van der Waals surface area contributed by atoms with Crippen molar-refractivity contribution < 1.29 is 14.3 Å². The van der Waals surface area contributed by atoms with E-state index in [-0.39, 0.29) is 5.91 Å². The molecule has 1 saturated carbocycles. The molecule has 21 heavy (non-hydrogen) atoms. The molecular weight excluding hydrogens is 268 g/mol. The van der Waals surface area contributed by atoms with E-state index in [2.05, 4.69) is 17.5 Å². The minimum atomic E-state index is -0.235. The number of hydrazone groups is 1. The number of carbonyl (C=O) groups excluding carboxylic acids is 1. The second-order valence-electron chi connectivity index (χ2n) is 5.39. The third kappa shape index (κ3) is 3.97. The van der Waals surface area contributed by atoms with Crippen LogP contribution in [0, 0.1) is 5.92 Å². The Balaban J connectivity index is 2.04. The molecule has 0 heterocycles. The van der Waals surface area contributed by atoms with Gasteiger partial charge in [-0.3, -0.25) is 4.79 Å². The van der Waals surface area contributed by atoms with Crippen molar-refractivity contribution in [3.8, 4) is 11.5 Å². The number of benzene rings is 1. The highest BCUT2D eigenvalue weighted by Gasteiger charge is 2.15. The van der Waals surface area contributed by atoms with Gasteiger partial charge >= 0.3 is 0 Å². The Morgan fingerprint density at radius 3 is 2.71 bits per heavy atom. The van der Waals surface area contributed by atoms with Gasteiger partial charge in [-0.05, 0) is 49.8 Å². The molecule has 2 rings (SSSR count). The van der Waals surface area contributed by atoms with Gasteiger partial charge < -0.3 is 9.47 Å². The van der Waals surface area contributed by atoms with Crippen molar-refractivity contribution in [3.63, 3.8) is 0 Å². The van der Waals surface area contributed by atoms with Gasteiger partial charge in [0.1, 0.15) is 0 Å². The lowest BCUT2D eigenvalue weighted by Crippen LogP contribution is -2.22. The Kier molecular flexibility index (Phi) is 5.20. The van der Waals surface area contributed by atoms with Crippen LogP contribution in [0.4, 0.5) is 0 Å². The van der Waals surface area contributed by atoms with E-state index in [9.17, 15) is 4.79 Å². The quantitative estimate of drug-likeness (QED) is 0.867. The maximum absolute atomic E-state index is 12.1. The minimum absolute atomic E-state index is 0.235. The first-order valence-electron chi connectivity index (χ1n) is 7.22. The summed E-state index contributed by atoms with van der Waals surface area (Å²) in [5, 5.41) is 4.25. The van der Waals surface area contributed by atoms with E-state index in [1.54, 1.807) is 32.4 Å². The molecule has 114 valence electrons. The normalized spacial score (nSPS) is 20.1. The molecule has 1 atom stereocenters. The number of nitrogens with one attached hydrogen (secondary N) is 1. The van der Waals surface area contributed by atoms with Crippen molar-refractivity contribution >= 4 is 11.6 Å². The number of hydrogen-bond donors (Lipinski definition) is 1. The lowest BCUT2D eigenvalue weighted by Gasteiger charge is -2.19. The van der Waals surface area contributed by atoms with Crippen molar-refractivity contribution in [1.29, 1.82) is 0 Å². The maximum Gasteiger partial charge on any atom is 0.271 e. The second-order valence-corrected chi connectivity index (χ2v) is 5.39. The highest BCUT2D eigenvalue weighted by atomic mass is 16.5. The first kappa shape index (κ1) is 15.4. The first-order chi connectivity index (χ1) is 10.1. The summed E-state index contributed by atoms with van der Waals surface area (Å²) in [5.74, 6) is 1.54. The topological polar surface area (TPSA) is 59.9 Å². The van der Waals surface area contributed by atoms with Gasteiger partial charge in [-0.2, -0.15) is 5.10 Å². The summed E-state index contributed by atoms with van der Waals surface area (Å²) in [7, 11) is 3.11. The van der Waals surface area contributed by atoms with E-state index >= 15 is 0 Å². The standard InChI is InChI=1S/C16H22N2O3/c1-11-5-4-6-13(9-11)17-18-16(19)12-7-8-14(20-2)15(10-12)21-3/h7-8,10-11H,4-6,9H2,1-3H3,(H,18,19). The number of methoxy groups -OCH3 is 2. The zero-order chi connectivity index (χ0) is 15.2. The Hall–Kier alpha value is -2.04. The molecule has 1 amide bonds. The Morgan fingerprint density at radius 2 is 2.05 bits per heavy atom. The zero-order valence-electron chi connectivity index (χ0n) is 12.8. The van der Waals surface area contributed by atoms with Crippen LogP contribution in [0.1, 0.15) is 43.0 Å². The monoisotopic (exact) mass is 290 g/mol. The number of hydrogen-bond acceptors (Lipinski definition) is 4. The molecule has 1 aliphatic rings. The molecule has 1 aromatic rings. The van der Waals surface area contributed by atoms with Gasteiger partial charge in [0.25, 0.3) is 5.91 Å². The summed E-state index contributed by atoms with van der Waals surface area (Å²) in [5.41, 5.74) is 4.20. The lowest BCUT2D eigenvalue weighted by atomic mass is 9.89. The number of carbonyl (C=O) groups is 1. The molecule has 1 N–H and O–H groups in total. The SMILES string of the molecule is COc1ccc(C(=O)NN=C2CCCC(C)C2)cc1OC. The molecule has 5 nitrogen and oxygen atoms in total. The summed E-state index contributed by atoms with van der Waals surface area (Å²) >= 11 is 0. The molecule has 0 aromatic heterocycles. The highest BCUT2D eigenvalue weighted by molar-refractivity contribution is 5.96. The van der Waals surface area contributed by atoms with E-state index in [4.69, 9.17) is 9.47 Å². The summed E-state index contributed by atoms with van der Waals surface area (Å²) in [6.45, 7) is 2.21.